The van der Waals surface area contributed by atoms with Crippen LogP contribution in [0.25, 0.3) is 0 Å². The number of rotatable bonds is 19. The Balaban J connectivity index is 2.08. The van der Waals surface area contributed by atoms with Gasteiger partial charge in [-0.2, -0.15) is 0 Å². The highest BCUT2D eigenvalue weighted by molar-refractivity contribution is 5.18. The molecule has 1 rings (SSSR count). The van der Waals surface area contributed by atoms with Crippen LogP contribution < -0.4 is 5.32 Å². The smallest absolute Gasteiger partial charge is 0.0901 e. The van der Waals surface area contributed by atoms with Gasteiger partial charge in [0.05, 0.1) is 25.4 Å². The van der Waals surface area contributed by atoms with Crippen LogP contribution in [0.15, 0.2) is 24.3 Å². The van der Waals surface area contributed by atoms with Gasteiger partial charge in [-0.05, 0) is 25.8 Å². The van der Waals surface area contributed by atoms with E-state index in [-0.39, 0.29) is 5.60 Å². The molecule has 0 saturated carbocycles. The van der Waals surface area contributed by atoms with E-state index in [1.807, 2.05) is 0 Å². The second-order valence-electron chi connectivity index (χ2n) is 7.85. The maximum atomic E-state index is 6.29. The molecule has 0 spiro atoms. The van der Waals surface area contributed by atoms with Crippen molar-refractivity contribution in [3.05, 3.63) is 24.3 Å². The Morgan fingerprint density at radius 3 is 2.26 bits per heavy atom. The highest BCUT2D eigenvalue weighted by Crippen LogP contribution is 2.29. The molecule has 1 N–H and O–H groups in total. The molecule has 1 aliphatic rings. The molecule has 0 bridgehead atoms. The van der Waals surface area contributed by atoms with Crippen molar-refractivity contribution < 1.29 is 9.47 Å². The lowest BCUT2D eigenvalue weighted by Gasteiger charge is -2.31. The van der Waals surface area contributed by atoms with Crippen LogP contribution in [0.5, 0.6) is 0 Å². The molecule has 1 atom stereocenters. The number of hydrogen-bond acceptors (Lipinski definition) is 3. The van der Waals surface area contributed by atoms with Crippen LogP contribution in [-0.2, 0) is 9.47 Å². The number of ether oxygens (including phenoxy) is 2. The van der Waals surface area contributed by atoms with Crippen LogP contribution in [0.4, 0.5) is 0 Å². The van der Waals surface area contributed by atoms with E-state index < -0.39 is 0 Å². The molecule has 0 aromatic carbocycles. The first-order valence-electron chi connectivity index (χ1n) is 11.6. The van der Waals surface area contributed by atoms with E-state index in [0.717, 1.165) is 32.5 Å². The summed E-state index contributed by atoms with van der Waals surface area (Å²) in [5.41, 5.74) is -0.0973. The third-order valence-corrected chi connectivity index (χ3v) is 5.31. The molecule has 1 unspecified atom stereocenters. The second kappa shape index (κ2) is 17.5. The van der Waals surface area contributed by atoms with Gasteiger partial charge in [0.25, 0.3) is 0 Å². The quantitative estimate of drug-likeness (QED) is 0.271. The van der Waals surface area contributed by atoms with E-state index in [4.69, 9.17) is 9.47 Å². The van der Waals surface area contributed by atoms with E-state index >= 15 is 0 Å². The minimum Gasteiger partial charge on any atom is -0.378 e. The molecule has 158 valence electrons. The third-order valence-electron chi connectivity index (χ3n) is 5.31. The predicted molar refractivity (Wildman–Crippen MR) is 117 cm³/mol. The number of hydrogen-bond donors (Lipinski definition) is 1. The van der Waals surface area contributed by atoms with Crippen molar-refractivity contribution in [3.63, 3.8) is 0 Å². The van der Waals surface area contributed by atoms with Crippen LogP contribution in [0.1, 0.15) is 90.9 Å². The first kappa shape index (κ1) is 24.4. The van der Waals surface area contributed by atoms with Gasteiger partial charge in [-0.25, -0.2) is 0 Å². The van der Waals surface area contributed by atoms with Crippen molar-refractivity contribution in [1.29, 1.82) is 0 Å². The fourth-order valence-corrected chi connectivity index (χ4v) is 3.57. The molecule has 0 aromatic heterocycles. The third kappa shape index (κ3) is 13.2. The summed E-state index contributed by atoms with van der Waals surface area (Å²) in [6.07, 6.45) is 24.2. The normalized spacial score (nSPS) is 19.0. The molecule has 0 aromatic rings. The molecule has 0 saturated heterocycles. The number of allylic oxidation sites excluding steroid dienone is 2. The Hall–Kier alpha value is -0.640. The lowest BCUT2D eigenvalue weighted by atomic mass is 9.89. The van der Waals surface area contributed by atoms with Gasteiger partial charge >= 0.3 is 0 Å². The van der Waals surface area contributed by atoms with Crippen LogP contribution in [0.2, 0.25) is 0 Å². The van der Waals surface area contributed by atoms with Crippen LogP contribution in [0.3, 0.4) is 0 Å². The molecule has 3 heteroatoms. The monoisotopic (exact) mass is 379 g/mol. The summed E-state index contributed by atoms with van der Waals surface area (Å²) in [7, 11) is 0. The SMILES string of the molecule is CCCCCCCCCC1(OCCOCCNCCCCC)C=CC=CC1. The van der Waals surface area contributed by atoms with Gasteiger partial charge < -0.3 is 14.8 Å². The van der Waals surface area contributed by atoms with Crippen molar-refractivity contribution in [2.24, 2.45) is 0 Å². The highest BCUT2D eigenvalue weighted by atomic mass is 16.5. The van der Waals surface area contributed by atoms with Crippen molar-refractivity contribution in [3.8, 4) is 0 Å². The van der Waals surface area contributed by atoms with Gasteiger partial charge in [-0.1, -0.05) is 95.9 Å². The molecule has 0 radical (unpaired) electrons. The van der Waals surface area contributed by atoms with Crippen LogP contribution in [0, 0.1) is 0 Å². The van der Waals surface area contributed by atoms with E-state index in [1.54, 1.807) is 0 Å². The van der Waals surface area contributed by atoms with Crippen molar-refractivity contribution in [1.82, 2.24) is 5.32 Å². The minimum atomic E-state index is -0.0973. The molecule has 0 aliphatic heterocycles. The van der Waals surface area contributed by atoms with Gasteiger partial charge in [-0.15, -0.1) is 0 Å². The fourth-order valence-electron chi connectivity index (χ4n) is 3.57. The van der Waals surface area contributed by atoms with E-state index in [9.17, 15) is 0 Å². The summed E-state index contributed by atoms with van der Waals surface area (Å²) in [4.78, 5) is 0. The Labute approximate surface area is 169 Å². The summed E-state index contributed by atoms with van der Waals surface area (Å²) >= 11 is 0. The second-order valence-corrected chi connectivity index (χ2v) is 7.85. The van der Waals surface area contributed by atoms with Gasteiger partial charge in [0.2, 0.25) is 0 Å². The van der Waals surface area contributed by atoms with E-state index in [2.05, 4.69) is 43.5 Å². The van der Waals surface area contributed by atoms with E-state index in [1.165, 1.54) is 64.2 Å². The maximum absolute atomic E-state index is 6.29. The maximum Gasteiger partial charge on any atom is 0.0901 e. The molecule has 1 aliphatic carbocycles. The topological polar surface area (TPSA) is 30.5 Å². The first-order chi connectivity index (χ1) is 13.3. The van der Waals surface area contributed by atoms with Crippen molar-refractivity contribution in [2.45, 2.75) is 96.5 Å². The Morgan fingerprint density at radius 2 is 1.52 bits per heavy atom. The first-order valence-corrected chi connectivity index (χ1v) is 11.6. The zero-order valence-electron chi connectivity index (χ0n) is 18.1. The highest BCUT2D eigenvalue weighted by Gasteiger charge is 2.27. The van der Waals surface area contributed by atoms with Gasteiger partial charge in [0, 0.05) is 6.54 Å². The Bertz CT molecular complexity index is 381. The van der Waals surface area contributed by atoms with Crippen LogP contribution in [-0.4, -0.2) is 38.5 Å². The fraction of sp³-hybridized carbons (Fsp3) is 0.833. The molecule has 3 nitrogen and oxygen atoms in total. The summed E-state index contributed by atoms with van der Waals surface area (Å²) < 4.78 is 12.0. The Morgan fingerprint density at radius 1 is 0.778 bits per heavy atom. The molecular weight excluding hydrogens is 334 g/mol. The summed E-state index contributed by atoms with van der Waals surface area (Å²) in [6, 6.07) is 0. The molecule has 0 amide bonds. The zero-order valence-corrected chi connectivity index (χ0v) is 18.1. The zero-order chi connectivity index (χ0) is 19.5. The average Bonchev–Trinajstić information content (AvgIpc) is 2.69. The van der Waals surface area contributed by atoms with Gasteiger partial charge in [0.1, 0.15) is 0 Å². The predicted octanol–water partition coefficient (Wildman–Crippen LogP) is 6.20. The van der Waals surface area contributed by atoms with Gasteiger partial charge in [-0.3, -0.25) is 0 Å². The lowest BCUT2D eigenvalue weighted by Crippen LogP contribution is -2.32. The van der Waals surface area contributed by atoms with Crippen molar-refractivity contribution in [2.75, 3.05) is 32.9 Å². The van der Waals surface area contributed by atoms with Crippen molar-refractivity contribution >= 4 is 0 Å². The minimum absolute atomic E-state index is 0.0973. The summed E-state index contributed by atoms with van der Waals surface area (Å²) in [6.45, 7) is 8.70. The number of unbranched alkanes of at least 4 members (excludes halogenated alkanes) is 8. The molecular formula is C24H45NO2. The molecule has 0 fully saturated rings. The standard InChI is InChI=1S/C24H45NO2/c1-3-5-7-8-9-10-12-16-24(17-13-11-14-18-24)27-23-22-26-21-20-25-19-15-6-4-2/h11,13-14,17,25H,3-10,12,15-16,18-23H2,1-2H3. The van der Waals surface area contributed by atoms with Gasteiger partial charge in [0.15, 0.2) is 0 Å². The Kier molecular flexibility index (Phi) is 15.8. The largest absolute Gasteiger partial charge is 0.378 e. The lowest BCUT2D eigenvalue weighted by molar-refractivity contribution is -0.0428. The summed E-state index contributed by atoms with van der Waals surface area (Å²) in [5.74, 6) is 0. The summed E-state index contributed by atoms with van der Waals surface area (Å²) in [5, 5.41) is 3.43. The van der Waals surface area contributed by atoms with Crippen LogP contribution >= 0.6 is 0 Å². The number of nitrogens with one attached hydrogen (secondary N) is 1. The molecule has 0 heterocycles. The molecule has 27 heavy (non-hydrogen) atoms. The van der Waals surface area contributed by atoms with E-state index in [0.29, 0.717) is 13.2 Å². The average molecular weight is 380 g/mol.